The molecule has 1 N–H and O–H groups in total. The van der Waals surface area contributed by atoms with Crippen LogP contribution in [-0.4, -0.2) is 29.5 Å². The molecule has 1 fully saturated rings. The molecule has 1 aromatic heterocycles. The van der Waals surface area contributed by atoms with Crippen molar-refractivity contribution in [2.24, 2.45) is 5.92 Å². The average molecular weight is 233 g/mol. The summed E-state index contributed by atoms with van der Waals surface area (Å²) in [6.45, 7) is 8.64. The highest BCUT2D eigenvalue weighted by Gasteiger charge is 2.23. The minimum atomic E-state index is 0.951. The maximum Gasteiger partial charge on any atom is 0.0564 e. The molecule has 0 spiro atoms. The SMILES string of the molecule is CCNc1ccnc(CN(CC)CC2CC2)c1. The van der Waals surface area contributed by atoms with Gasteiger partial charge in [-0.2, -0.15) is 0 Å². The summed E-state index contributed by atoms with van der Waals surface area (Å²) in [6.07, 6.45) is 4.74. The monoisotopic (exact) mass is 233 g/mol. The number of nitrogens with one attached hydrogen (secondary N) is 1. The Hall–Kier alpha value is -1.09. The number of hydrogen-bond donors (Lipinski definition) is 1. The number of hydrogen-bond acceptors (Lipinski definition) is 3. The van der Waals surface area contributed by atoms with Gasteiger partial charge in [-0.05, 0) is 44.4 Å². The molecule has 3 nitrogen and oxygen atoms in total. The highest BCUT2D eigenvalue weighted by Crippen LogP contribution is 2.30. The first kappa shape index (κ1) is 12.4. The van der Waals surface area contributed by atoms with Crippen LogP contribution in [0.1, 0.15) is 32.4 Å². The van der Waals surface area contributed by atoms with E-state index >= 15 is 0 Å². The van der Waals surface area contributed by atoms with E-state index in [0.29, 0.717) is 0 Å². The fraction of sp³-hybridized carbons (Fsp3) is 0.643. The third-order valence-electron chi connectivity index (χ3n) is 3.24. The number of nitrogens with zero attached hydrogens (tertiary/aromatic N) is 2. The zero-order chi connectivity index (χ0) is 12.1. The first-order chi connectivity index (χ1) is 8.31. The van der Waals surface area contributed by atoms with Crippen molar-refractivity contribution in [2.75, 3.05) is 25.0 Å². The Kier molecular flexibility index (Phi) is 4.37. The zero-order valence-corrected chi connectivity index (χ0v) is 10.9. The fourth-order valence-corrected chi connectivity index (χ4v) is 2.08. The molecular formula is C14H23N3. The lowest BCUT2D eigenvalue weighted by Gasteiger charge is -2.19. The van der Waals surface area contributed by atoms with Gasteiger partial charge in [0.15, 0.2) is 0 Å². The summed E-state index contributed by atoms with van der Waals surface area (Å²) in [5.41, 5.74) is 2.35. The van der Waals surface area contributed by atoms with Crippen molar-refractivity contribution in [2.45, 2.75) is 33.2 Å². The third kappa shape index (κ3) is 4.00. The van der Waals surface area contributed by atoms with Crippen LogP contribution in [0.25, 0.3) is 0 Å². The second-order valence-corrected chi connectivity index (χ2v) is 4.84. The van der Waals surface area contributed by atoms with Crippen molar-refractivity contribution in [3.63, 3.8) is 0 Å². The minimum Gasteiger partial charge on any atom is -0.385 e. The van der Waals surface area contributed by atoms with Crippen LogP contribution in [-0.2, 0) is 6.54 Å². The summed E-state index contributed by atoms with van der Waals surface area (Å²) in [7, 11) is 0. The van der Waals surface area contributed by atoms with Crippen LogP contribution in [0.4, 0.5) is 5.69 Å². The summed E-state index contributed by atoms with van der Waals surface area (Å²) >= 11 is 0. The van der Waals surface area contributed by atoms with Crippen molar-refractivity contribution in [3.05, 3.63) is 24.0 Å². The van der Waals surface area contributed by atoms with Crippen LogP contribution in [0.15, 0.2) is 18.3 Å². The highest BCUT2D eigenvalue weighted by atomic mass is 15.1. The standard InChI is InChI=1S/C14H23N3/c1-3-15-13-7-8-16-14(9-13)11-17(4-2)10-12-5-6-12/h7-9,12H,3-6,10-11H2,1-2H3,(H,15,16). The van der Waals surface area contributed by atoms with Crippen LogP contribution in [0, 0.1) is 5.92 Å². The first-order valence-corrected chi connectivity index (χ1v) is 6.73. The maximum atomic E-state index is 4.46. The number of rotatable bonds is 7. The molecule has 1 saturated carbocycles. The summed E-state index contributed by atoms with van der Waals surface area (Å²) in [5, 5.41) is 3.33. The molecule has 0 atom stereocenters. The number of anilines is 1. The normalized spacial score (nSPS) is 15.2. The molecule has 1 aromatic rings. The summed E-state index contributed by atoms with van der Waals surface area (Å²) < 4.78 is 0. The van der Waals surface area contributed by atoms with Gasteiger partial charge in [0.05, 0.1) is 5.69 Å². The lowest BCUT2D eigenvalue weighted by Crippen LogP contribution is -2.25. The molecule has 0 aliphatic heterocycles. The molecule has 0 aromatic carbocycles. The quantitative estimate of drug-likeness (QED) is 0.785. The molecule has 2 rings (SSSR count). The Morgan fingerprint density at radius 2 is 2.24 bits per heavy atom. The summed E-state index contributed by atoms with van der Waals surface area (Å²) in [4.78, 5) is 6.95. The van der Waals surface area contributed by atoms with E-state index < -0.39 is 0 Å². The third-order valence-corrected chi connectivity index (χ3v) is 3.24. The van der Waals surface area contributed by atoms with Gasteiger partial charge in [0, 0.05) is 31.5 Å². The molecule has 17 heavy (non-hydrogen) atoms. The second-order valence-electron chi connectivity index (χ2n) is 4.84. The van der Waals surface area contributed by atoms with E-state index in [0.717, 1.165) is 25.6 Å². The Morgan fingerprint density at radius 3 is 2.88 bits per heavy atom. The molecule has 1 heterocycles. The molecule has 1 aliphatic rings. The molecule has 0 unspecified atom stereocenters. The van der Waals surface area contributed by atoms with E-state index in [1.807, 2.05) is 12.3 Å². The first-order valence-electron chi connectivity index (χ1n) is 6.73. The number of pyridine rings is 1. The van der Waals surface area contributed by atoms with Gasteiger partial charge in [-0.15, -0.1) is 0 Å². The summed E-state index contributed by atoms with van der Waals surface area (Å²) in [5.74, 6) is 0.951. The van der Waals surface area contributed by atoms with Gasteiger partial charge >= 0.3 is 0 Å². The lowest BCUT2D eigenvalue weighted by molar-refractivity contribution is 0.265. The predicted molar refractivity (Wildman–Crippen MR) is 72.1 cm³/mol. The predicted octanol–water partition coefficient (Wildman–Crippen LogP) is 2.75. The van der Waals surface area contributed by atoms with Gasteiger partial charge in [0.25, 0.3) is 0 Å². The van der Waals surface area contributed by atoms with E-state index in [1.54, 1.807) is 0 Å². The Balaban J connectivity index is 1.92. The smallest absolute Gasteiger partial charge is 0.0564 e. The molecule has 0 radical (unpaired) electrons. The van der Waals surface area contributed by atoms with E-state index in [2.05, 4.69) is 35.1 Å². The average Bonchev–Trinajstić information content (AvgIpc) is 3.13. The van der Waals surface area contributed by atoms with Gasteiger partial charge in [-0.25, -0.2) is 0 Å². The van der Waals surface area contributed by atoms with E-state index in [9.17, 15) is 0 Å². The fourth-order valence-electron chi connectivity index (χ4n) is 2.08. The molecule has 1 aliphatic carbocycles. The van der Waals surface area contributed by atoms with Crippen LogP contribution in [0.3, 0.4) is 0 Å². The van der Waals surface area contributed by atoms with Gasteiger partial charge in [-0.1, -0.05) is 6.92 Å². The highest BCUT2D eigenvalue weighted by molar-refractivity contribution is 5.42. The van der Waals surface area contributed by atoms with Gasteiger partial charge < -0.3 is 5.32 Å². The number of aromatic nitrogens is 1. The Bertz CT molecular complexity index is 347. The van der Waals surface area contributed by atoms with Crippen LogP contribution in [0.2, 0.25) is 0 Å². The molecular weight excluding hydrogens is 210 g/mol. The molecule has 0 amide bonds. The topological polar surface area (TPSA) is 28.2 Å². The largest absolute Gasteiger partial charge is 0.385 e. The van der Waals surface area contributed by atoms with Crippen molar-refractivity contribution in [3.8, 4) is 0 Å². The van der Waals surface area contributed by atoms with E-state index in [1.165, 1.54) is 30.8 Å². The maximum absolute atomic E-state index is 4.46. The molecule has 0 bridgehead atoms. The Labute approximate surface area is 104 Å². The summed E-state index contributed by atoms with van der Waals surface area (Å²) in [6, 6.07) is 4.20. The van der Waals surface area contributed by atoms with Crippen molar-refractivity contribution in [1.29, 1.82) is 0 Å². The minimum absolute atomic E-state index is 0.951. The van der Waals surface area contributed by atoms with Gasteiger partial charge in [-0.3, -0.25) is 9.88 Å². The van der Waals surface area contributed by atoms with Crippen molar-refractivity contribution in [1.82, 2.24) is 9.88 Å². The molecule has 0 saturated heterocycles. The van der Waals surface area contributed by atoms with Crippen LogP contribution >= 0.6 is 0 Å². The lowest BCUT2D eigenvalue weighted by atomic mass is 10.2. The van der Waals surface area contributed by atoms with Crippen LogP contribution < -0.4 is 5.32 Å². The van der Waals surface area contributed by atoms with Gasteiger partial charge in [0.1, 0.15) is 0 Å². The van der Waals surface area contributed by atoms with Crippen molar-refractivity contribution < 1.29 is 0 Å². The van der Waals surface area contributed by atoms with Crippen LogP contribution in [0.5, 0.6) is 0 Å². The van der Waals surface area contributed by atoms with E-state index in [4.69, 9.17) is 0 Å². The van der Waals surface area contributed by atoms with E-state index in [-0.39, 0.29) is 0 Å². The molecule has 3 heteroatoms. The molecule has 94 valence electrons. The zero-order valence-electron chi connectivity index (χ0n) is 10.9. The van der Waals surface area contributed by atoms with Crippen molar-refractivity contribution >= 4 is 5.69 Å². The van der Waals surface area contributed by atoms with Gasteiger partial charge in [0.2, 0.25) is 0 Å². The second kappa shape index (κ2) is 6.01. The Morgan fingerprint density at radius 1 is 1.41 bits per heavy atom.